The van der Waals surface area contributed by atoms with E-state index >= 15 is 0 Å². The van der Waals surface area contributed by atoms with Gasteiger partial charge in [-0.1, -0.05) is 30.2 Å². The smallest absolute Gasteiger partial charge is 0.0441 e. The number of likely N-dealkylation sites (N-methyl/N-ethyl adjacent to an activating group) is 1. The Labute approximate surface area is 121 Å². The average molecular weight is 279 g/mol. The van der Waals surface area contributed by atoms with Crippen molar-refractivity contribution in [1.82, 2.24) is 9.80 Å². The lowest BCUT2D eigenvalue weighted by atomic mass is 9.97. The fourth-order valence-corrected chi connectivity index (χ4v) is 3.74. The minimum atomic E-state index is 0.588. The van der Waals surface area contributed by atoms with Crippen LogP contribution in [-0.2, 0) is 6.42 Å². The molecule has 3 heteroatoms. The lowest BCUT2D eigenvalue weighted by Crippen LogP contribution is -2.46. The van der Waals surface area contributed by atoms with Crippen molar-refractivity contribution in [2.45, 2.75) is 31.7 Å². The summed E-state index contributed by atoms with van der Waals surface area (Å²) in [5.74, 6) is 0. The molecule has 0 aromatic heterocycles. The molecular formula is C16H23ClN2. The van der Waals surface area contributed by atoms with E-state index in [0.29, 0.717) is 6.04 Å². The molecule has 19 heavy (non-hydrogen) atoms. The van der Waals surface area contributed by atoms with Gasteiger partial charge in [0.25, 0.3) is 0 Å². The van der Waals surface area contributed by atoms with Crippen LogP contribution in [0, 0.1) is 0 Å². The monoisotopic (exact) mass is 278 g/mol. The molecule has 1 saturated heterocycles. The van der Waals surface area contributed by atoms with Crippen LogP contribution in [0.3, 0.4) is 0 Å². The molecule has 104 valence electrons. The Kier molecular flexibility index (Phi) is 4.11. The van der Waals surface area contributed by atoms with Gasteiger partial charge in [0.2, 0.25) is 0 Å². The van der Waals surface area contributed by atoms with Crippen LogP contribution in [0.2, 0.25) is 5.02 Å². The van der Waals surface area contributed by atoms with Crippen molar-refractivity contribution in [2.75, 3.05) is 33.2 Å². The van der Waals surface area contributed by atoms with Gasteiger partial charge >= 0.3 is 0 Å². The van der Waals surface area contributed by atoms with Gasteiger partial charge in [0.15, 0.2) is 0 Å². The zero-order chi connectivity index (χ0) is 13.2. The fraction of sp³-hybridized carbons (Fsp3) is 0.625. The van der Waals surface area contributed by atoms with Gasteiger partial charge in [0.1, 0.15) is 0 Å². The van der Waals surface area contributed by atoms with Gasteiger partial charge in [-0.2, -0.15) is 0 Å². The van der Waals surface area contributed by atoms with E-state index < -0.39 is 0 Å². The summed E-state index contributed by atoms with van der Waals surface area (Å²) in [5.41, 5.74) is 2.90. The Bertz CT molecular complexity index is 438. The maximum absolute atomic E-state index is 6.42. The Hall–Kier alpha value is -0.570. The van der Waals surface area contributed by atoms with E-state index in [0.717, 1.165) is 11.4 Å². The summed E-state index contributed by atoms with van der Waals surface area (Å²) >= 11 is 6.42. The second kappa shape index (κ2) is 5.82. The number of nitrogens with zero attached hydrogens (tertiary/aromatic N) is 2. The molecule has 2 nitrogen and oxygen atoms in total. The minimum absolute atomic E-state index is 0.588. The third-order valence-electron chi connectivity index (χ3n) is 4.65. The predicted molar refractivity (Wildman–Crippen MR) is 80.8 cm³/mol. The van der Waals surface area contributed by atoms with Gasteiger partial charge in [-0.3, -0.25) is 4.90 Å². The third kappa shape index (κ3) is 2.81. The predicted octanol–water partition coefficient (Wildman–Crippen LogP) is 3.35. The Balaban J connectivity index is 1.88. The number of benzene rings is 1. The molecule has 0 amide bonds. The molecule has 1 aromatic rings. The first-order valence-electron chi connectivity index (χ1n) is 7.45. The molecular weight excluding hydrogens is 256 g/mol. The number of hydrogen-bond donors (Lipinski definition) is 0. The molecule has 1 aromatic carbocycles. The summed E-state index contributed by atoms with van der Waals surface area (Å²) in [6, 6.07) is 7.06. The van der Waals surface area contributed by atoms with Gasteiger partial charge < -0.3 is 4.90 Å². The molecule has 1 fully saturated rings. The zero-order valence-corrected chi connectivity index (χ0v) is 12.5. The van der Waals surface area contributed by atoms with Crippen LogP contribution >= 0.6 is 11.6 Å². The van der Waals surface area contributed by atoms with E-state index in [4.69, 9.17) is 11.6 Å². The quantitative estimate of drug-likeness (QED) is 0.727. The van der Waals surface area contributed by atoms with Crippen molar-refractivity contribution >= 4 is 11.6 Å². The van der Waals surface area contributed by atoms with Crippen molar-refractivity contribution in [1.29, 1.82) is 0 Å². The molecule has 1 atom stereocenters. The number of piperazine rings is 1. The third-order valence-corrected chi connectivity index (χ3v) is 5.00. The molecule has 0 bridgehead atoms. The van der Waals surface area contributed by atoms with Crippen molar-refractivity contribution in [2.24, 2.45) is 0 Å². The van der Waals surface area contributed by atoms with Crippen LogP contribution in [0.25, 0.3) is 0 Å². The molecule has 0 N–H and O–H groups in total. The summed E-state index contributed by atoms with van der Waals surface area (Å²) in [6.45, 7) is 4.75. The van der Waals surface area contributed by atoms with Gasteiger partial charge in [-0.15, -0.1) is 0 Å². The molecule has 0 unspecified atom stereocenters. The van der Waals surface area contributed by atoms with E-state index in [-0.39, 0.29) is 0 Å². The van der Waals surface area contributed by atoms with Crippen molar-refractivity contribution in [3.05, 3.63) is 34.3 Å². The van der Waals surface area contributed by atoms with Gasteiger partial charge in [-0.05, 0) is 43.5 Å². The van der Waals surface area contributed by atoms with Crippen LogP contribution in [-0.4, -0.2) is 43.0 Å². The van der Waals surface area contributed by atoms with E-state index in [1.807, 2.05) is 6.07 Å². The minimum Gasteiger partial charge on any atom is -0.304 e. The maximum atomic E-state index is 6.42. The van der Waals surface area contributed by atoms with E-state index in [1.165, 1.54) is 56.6 Å². The zero-order valence-electron chi connectivity index (χ0n) is 11.7. The summed E-state index contributed by atoms with van der Waals surface area (Å²) < 4.78 is 0. The molecule has 0 spiro atoms. The van der Waals surface area contributed by atoms with Crippen LogP contribution < -0.4 is 0 Å². The second-order valence-electron chi connectivity index (χ2n) is 5.91. The van der Waals surface area contributed by atoms with Crippen LogP contribution in [0.15, 0.2) is 18.2 Å². The molecule has 1 aliphatic carbocycles. The Morgan fingerprint density at radius 1 is 1.11 bits per heavy atom. The number of fused-ring (bicyclic) bond motifs is 1. The first-order chi connectivity index (χ1) is 9.25. The average Bonchev–Trinajstić information content (AvgIpc) is 2.63. The highest BCUT2D eigenvalue weighted by Crippen LogP contribution is 2.36. The first-order valence-corrected chi connectivity index (χ1v) is 7.83. The van der Waals surface area contributed by atoms with Crippen LogP contribution in [0.1, 0.15) is 36.4 Å². The number of hydrogen-bond acceptors (Lipinski definition) is 2. The fourth-order valence-electron chi connectivity index (χ4n) is 3.46. The summed E-state index contributed by atoms with van der Waals surface area (Å²) in [5, 5.41) is 0.971. The Morgan fingerprint density at radius 3 is 2.68 bits per heavy atom. The number of rotatable bonds is 1. The topological polar surface area (TPSA) is 6.48 Å². The first kappa shape index (κ1) is 13.4. The van der Waals surface area contributed by atoms with Crippen molar-refractivity contribution < 1.29 is 0 Å². The van der Waals surface area contributed by atoms with E-state index in [1.54, 1.807) is 0 Å². The van der Waals surface area contributed by atoms with E-state index in [2.05, 4.69) is 29.0 Å². The largest absolute Gasteiger partial charge is 0.304 e. The lowest BCUT2D eigenvalue weighted by Gasteiger charge is -2.38. The molecule has 0 radical (unpaired) electrons. The summed E-state index contributed by atoms with van der Waals surface area (Å²) in [6.07, 6.45) is 5.04. The molecule has 1 heterocycles. The standard InChI is InChI=1S/C16H23ClN2/c1-18-9-11-19(12-10-18)16-8-3-2-5-13-14(16)6-4-7-15(13)17/h4,6-7,16H,2-3,5,8-12H2,1H3/t16-/m1/s1. The summed E-state index contributed by atoms with van der Waals surface area (Å²) in [7, 11) is 2.22. The van der Waals surface area contributed by atoms with Crippen molar-refractivity contribution in [3.8, 4) is 0 Å². The highest BCUT2D eigenvalue weighted by Gasteiger charge is 2.27. The highest BCUT2D eigenvalue weighted by atomic mass is 35.5. The SMILES string of the molecule is CN1CCN([C@@H]2CCCCc3c(Cl)cccc32)CC1. The van der Waals surface area contributed by atoms with Crippen LogP contribution in [0.4, 0.5) is 0 Å². The molecule has 0 saturated carbocycles. The normalized spacial score (nSPS) is 25.9. The lowest BCUT2D eigenvalue weighted by molar-refractivity contribution is 0.106. The van der Waals surface area contributed by atoms with Gasteiger partial charge in [0, 0.05) is 37.2 Å². The van der Waals surface area contributed by atoms with Gasteiger partial charge in [0.05, 0.1) is 0 Å². The number of halogens is 1. The maximum Gasteiger partial charge on any atom is 0.0441 e. The molecule has 2 aliphatic rings. The van der Waals surface area contributed by atoms with Crippen molar-refractivity contribution in [3.63, 3.8) is 0 Å². The van der Waals surface area contributed by atoms with Crippen LogP contribution in [0.5, 0.6) is 0 Å². The second-order valence-corrected chi connectivity index (χ2v) is 6.32. The highest BCUT2D eigenvalue weighted by molar-refractivity contribution is 6.31. The van der Waals surface area contributed by atoms with Gasteiger partial charge in [-0.25, -0.2) is 0 Å². The molecule has 1 aliphatic heterocycles. The Morgan fingerprint density at radius 2 is 1.89 bits per heavy atom. The van der Waals surface area contributed by atoms with E-state index in [9.17, 15) is 0 Å². The summed E-state index contributed by atoms with van der Waals surface area (Å²) in [4.78, 5) is 5.09. The molecule has 3 rings (SSSR count).